The molecule has 0 radical (unpaired) electrons. The summed E-state index contributed by atoms with van der Waals surface area (Å²) in [6.07, 6.45) is 4.15. The smallest absolute Gasteiger partial charge is 0.243 e. The summed E-state index contributed by atoms with van der Waals surface area (Å²) in [5.74, 6) is 0. The average Bonchev–Trinajstić information content (AvgIpc) is 3.01. The molecule has 1 aliphatic heterocycles. The zero-order valence-electron chi connectivity index (χ0n) is 13.9. The largest absolute Gasteiger partial charge is 0.371 e. The van der Waals surface area contributed by atoms with E-state index in [1.165, 1.54) is 28.6 Å². The molecule has 1 aromatic carbocycles. The van der Waals surface area contributed by atoms with Crippen molar-refractivity contribution in [2.45, 2.75) is 15.9 Å². The van der Waals surface area contributed by atoms with Crippen LogP contribution in [0.5, 0.6) is 0 Å². The number of benzene rings is 1. The Kier molecular flexibility index (Phi) is 4.71. The van der Waals surface area contributed by atoms with Gasteiger partial charge in [0.1, 0.15) is 0 Å². The molecule has 0 N–H and O–H groups in total. The van der Waals surface area contributed by atoms with Crippen LogP contribution in [0.2, 0.25) is 0 Å². The minimum atomic E-state index is -3.73. The molecule has 2 aromatic rings. The molecule has 1 saturated heterocycles. The second kappa shape index (κ2) is 6.52. The van der Waals surface area contributed by atoms with Crippen LogP contribution in [-0.2, 0) is 31.6 Å². The van der Waals surface area contributed by atoms with Gasteiger partial charge in [-0.1, -0.05) is 0 Å². The Labute approximate surface area is 147 Å². The van der Waals surface area contributed by atoms with Gasteiger partial charge in [0.15, 0.2) is 9.84 Å². The van der Waals surface area contributed by atoms with E-state index in [0.29, 0.717) is 0 Å². The predicted molar refractivity (Wildman–Crippen MR) is 90.2 cm³/mol. The third kappa shape index (κ3) is 3.76. The van der Waals surface area contributed by atoms with Gasteiger partial charge in [-0.05, 0) is 24.3 Å². The molecule has 0 unspecified atom stereocenters. The molecule has 136 valence electrons. The van der Waals surface area contributed by atoms with E-state index in [0.717, 1.165) is 11.8 Å². The molecule has 1 aromatic heterocycles. The molecule has 1 fully saturated rings. The highest BCUT2D eigenvalue weighted by Crippen LogP contribution is 2.26. The number of ether oxygens (including phenoxy) is 1. The summed E-state index contributed by atoms with van der Waals surface area (Å²) in [5.41, 5.74) is 0.815. The number of hydrogen-bond donors (Lipinski definition) is 0. The van der Waals surface area contributed by atoms with Gasteiger partial charge in [-0.25, -0.2) is 16.8 Å². The Morgan fingerprint density at radius 3 is 2.32 bits per heavy atom. The van der Waals surface area contributed by atoms with Crippen LogP contribution in [-0.4, -0.2) is 56.9 Å². The Bertz CT molecular complexity index is 965. The lowest BCUT2D eigenvalue weighted by molar-refractivity contribution is -0.00259. The third-order valence-electron chi connectivity index (χ3n) is 4.02. The van der Waals surface area contributed by atoms with E-state index in [2.05, 4.69) is 5.10 Å². The fourth-order valence-electron chi connectivity index (χ4n) is 2.66. The fourth-order valence-corrected chi connectivity index (χ4v) is 4.72. The maximum Gasteiger partial charge on any atom is 0.243 e. The highest BCUT2D eigenvalue weighted by atomic mass is 32.2. The first-order valence-corrected chi connectivity index (χ1v) is 10.9. The summed E-state index contributed by atoms with van der Waals surface area (Å²) < 4.78 is 57.3. The predicted octanol–water partition coefficient (Wildman–Crippen LogP) is 0.586. The van der Waals surface area contributed by atoms with Crippen molar-refractivity contribution in [3.8, 4) is 0 Å². The molecule has 0 bridgehead atoms. The van der Waals surface area contributed by atoms with Gasteiger partial charge in [0, 0.05) is 38.2 Å². The number of sulfonamides is 1. The van der Waals surface area contributed by atoms with Gasteiger partial charge >= 0.3 is 0 Å². The van der Waals surface area contributed by atoms with Gasteiger partial charge in [-0.15, -0.1) is 0 Å². The van der Waals surface area contributed by atoms with E-state index in [4.69, 9.17) is 4.74 Å². The van der Waals surface area contributed by atoms with Crippen molar-refractivity contribution in [2.24, 2.45) is 7.05 Å². The first-order chi connectivity index (χ1) is 11.7. The maximum atomic E-state index is 12.8. The van der Waals surface area contributed by atoms with Crippen molar-refractivity contribution in [3.05, 3.63) is 42.2 Å². The van der Waals surface area contributed by atoms with Crippen LogP contribution in [0.15, 0.2) is 46.5 Å². The van der Waals surface area contributed by atoms with E-state index in [1.807, 2.05) is 0 Å². The van der Waals surface area contributed by atoms with Gasteiger partial charge in [-0.2, -0.15) is 9.40 Å². The molecular formula is C15H19N3O5S2. The van der Waals surface area contributed by atoms with Crippen LogP contribution < -0.4 is 0 Å². The highest BCUT2D eigenvalue weighted by molar-refractivity contribution is 7.90. The average molecular weight is 385 g/mol. The fraction of sp³-hybridized carbons (Fsp3) is 0.400. The molecule has 3 rings (SSSR count). The zero-order valence-corrected chi connectivity index (χ0v) is 15.5. The van der Waals surface area contributed by atoms with Gasteiger partial charge < -0.3 is 4.74 Å². The Hall–Kier alpha value is -1.75. The van der Waals surface area contributed by atoms with Gasteiger partial charge in [0.2, 0.25) is 10.0 Å². The van der Waals surface area contributed by atoms with Crippen molar-refractivity contribution < 1.29 is 21.6 Å². The number of nitrogens with zero attached hydrogens (tertiary/aromatic N) is 3. The number of hydrogen-bond acceptors (Lipinski definition) is 6. The molecule has 0 saturated carbocycles. The lowest BCUT2D eigenvalue weighted by Crippen LogP contribution is -2.42. The number of aryl methyl sites for hydroxylation is 1. The van der Waals surface area contributed by atoms with Crippen LogP contribution in [0.3, 0.4) is 0 Å². The van der Waals surface area contributed by atoms with E-state index in [1.54, 1.807) is 24.1 Å². The van der Waals surface area contributed by atoms with E-state index in [9.17, 15) is 16.8 Å². The van der Waals surface area contributed by atoms with E-state index in [-0.39, 0.29) is 35.6 Å². The highest BCUT2D eigenvalue weighted by Gasteiger charge is 2.32. The molecule has 0 aliphatic carbocycles. The summed E-state index contributed by atoms with van der Waals surface area (Å²) >= 11 is 0. The quantitative estimate of drug-likeness (QED) is 0.764. The minimum Gasteiger partial charge on any atom is -0.371 e. The van der Waals surface area contributed by atoms with Crippen LogP contribution in [0.1, 0.15) is 11.7 Å². The van der Waals surface area contributed by atoms with Gasteiger partial charge in [0.25, 0.3) is 0 Å². The molecule has 1 atom stereocenters. The van der Waals surface area contributed by atoms with E-state index < -0.39 is 19.9 Å². The van der Waals surface area contributed by atoms with Crippen molar-refractivity contribution in [1.82, 2.24) is 14.1 Å². The van der Waals surface area contributed by atoms with Crippen molar-refractivity contribution >= 4 is 19.9 Å². The Morgan fingerprint density at radius 1 is 1.12 bits per heavy atom. The standard InChI is InChI=1S/C15H19N3O5S2/c1-17-10-12(9-16-17)15-11-18(7-8-23-15)25(21,22)14-5-3-13(4-6-14)24(2,19)20/h3-6,9-10,15H,7-8,11H2,1-2H3/t15-/m0/s1. The summed E-state index contributed by atoms with van der Waals surface area (Å²) in [4.78, 5) is 0.147. The minimum absolute atomic E-state index is 0.0618. The number of rotatable bonds is 4. The first kappa shape index (κ1) is 18.1. The molecular weight excluding hydrogens is 366 g/mol. The van der Waals surface area contributed by atoms with Crippen molar-refractivity contribution in [3.63, 3.8) is 0 Å². The van der Waals surface area contributed by atoms with Crippen LogP contribution in [0, 0.1) is 0 Å². The van der Waals surface area contributed by atoms with Crippen LogP contribution >= 0.6 is 0 Å². The number of aromatic nitrogens is 2. The summed E-state index contributed by atoms with van der Waals surface area (Å²) in [7, 11) is -5.32. The summed E-state index contributed by atoms with van der Waals surface area (Å²) in [6, 6.07) is 5.25. The maximum absolute atomic E-state index is 12.8. The number of sulfone groups is 1. The van der Waals surface area contributed by atoms with E-state index >= 15 is 0 Å². The third-order valence-corrected chi connectivity index (χ3v) is 7.02. The van der Waals surface area contributed by atoms with Crippen LogP contribution in [0.4, 0.5) is 0 Å². The summed E-state index contributed by atoms with van der Waals surface area (Å²) in [6.45, 7) is 0.703. The second-order valence-electron chi connectivity index (χ2n) is 5.91. The second-order valence-corrected chi connectivity index (χ2v) is 9.87. The first-order valence-electron chi connectivity index (χ1n) is 7.58. The zero-order chi connectivity index (χ0) is 18.2. The SMILES string of the molecule is Cn1cc([C@@H]2CN(S(=O)(=O)c3ccc(S(C)(=O)=O)cc3)CCO2)cn1. The van der Waals surface area contributed by atoms with Gasteiger partial charge in [0.05, 0.1) is 28.7 Å². The topological polar surface area (TPSA) is 98.6 Å². The lowest BCUT2D eigenvalue weighted by atomic mass is 10.2. The Balaban J connectivity index is 1.84. The molecule has 2 heterocycles. The normalized spacial score (nSPS) is 19.8. The summed E-state index contributed by atoms with van der Waals surface area (Å²) in [5, 5.41) is 4.08. The van der Waals surface area contributed by atoms with Gasteiger partial charge in [-0.3, -0.25) is 4.68 Å². The monoisotopic (exact) mass is 385 g/mol. The van der Waals surface area contributed by atoms with Crippen LogP contribution in [0.25, 0.3) is 0 Å². The molecule has 0 spiro atoms. The molecule has 8 nitrogen and oxygen atoms in total. The van der Waals surface area contributed by atoms with Crippen molar-refractivity contribution in [1.29, 1.82) is 0 Å². The Morgan fingerprint density at radius 2 is 1.76 bits per heavy atom. The lowest BCUT2D eigenvalue weighted by Gasteiger charge is -2.31. The number of morpholine rings is 1. The molecule has 0 amide bonds. The van der Waals surface area contributed by atoms with Crippen molar-refractivity contribution in [2.75, 3.05) is 26.0 Å². The molecule has 10 heteroatoms. The molecule has 1 aliphatic rings. The molecule has 25 heavy (non-hydrogen) atoms.